The molecular formula is C14H17FN2. The quantitative estimate of drug-likeness (QED) is 0.883. The molecule has 0 saturated heterocycles. The van der Waals surface area contributed by atoms with E-state index in [0.29, 0.717) is 6.54 Å². The summed E-state index contributed by atoms with van der Waals surface area (Å²) in [6, 6.07) is 6.78. The Bertz CT molecular complexity index is 535. The van der Waals surface area contributed by atoms with Gasteiger partial charge in [-0.25, -0.2) is 4.39 Å². The molecule has 0 fully saturated rings. The van der Waals surface area contributed by atoms with Crippen LogP contribution >= 0.6 is 0 Å². The highest BCUT2D eigenvalue weighted by atomic mass is 19.1. The Hall–Kier alpha value is -1.48. The van der Waals surface area contributed by atoms with Crippen LogP contribution in [0.25, 0.3) is 10.9 Å². The van der Waals surface area contributed by atoms with Gasteiger partial charge < -0.3 is 5.73 Å². The second-order valence-corrected chi connectivity index (χ2v) is 5.19. The van der Waals surface area contributed by atoms with Gasteiger partial charge in [0, 0.05) is 11.6 Å². The van der Waals surface area contributed by atoms with Crippen molar-refractivity contribution < 1.29 is 4.39 Å². The summed E-state index contributed by atoms with van der Waals surface area (Å²) in [4.78, 5) is 4.33. The molecule has 1 aromatic carbocycles. The monoisotopic (exact) mass is 232 g/mol. The van der Waals surface area contributed by atoms with Gasteiger partial charge in [-0.2, -0.15) is 0 Å². The van der Waals surface area contributed by atoms with Gasteiger partial charge in [0.05, 0.1) is 5.52 Å². The van der Waals surface area contributed by atoms with Gasteiger partial charge in [0.2, 0.25) is 0 Å². The standard InChI is InChI=1S/C14H17FN2/c1-14(2,9-16)8-11-7-12(15)6-10-4-3-5-17-13(10)11/h3-7H,8-9,16H2,1-2H3. The maximum Gasteiger partial charge on any atom is 0.124 e. The third-order valence-electron chi connectivity index (χ3n) is 2.97. The lowest BCUT2D eigenvalue weighted by atomic mass is 9.85. The number of halogens is 1. The molecule has 0 aliphatic rings. The van der Waals surface area contributed by atoms with Crippen LogP contribution in [0, 0.1) is 11.2 Å². The highest BCUT2D eigenvalue weighted by Crippen LogP contribution is 2.26. The first-order valence-corrected chi connectivity index (χ1v) is 5.75. The Morgan fingerprint density at radius 2 is 2.12 bits per heavy atom. The zero-order valence-corrected chi connectivity index (χ0v) is 10.2. The number of nitrogens with two attached hydrogens (primary N) is 1. The molecule has 1 aromatic heterocycles. The Balaban J connectivity index is 2.53. The average Bonchev–Trinajstić information content (AvgIpc) is 2.28. The molecule has 0 radical (unpaired) electrons. The summed E-state index contributed by atoms with van der Waals surface area (Å²) in [5.74, 6) is -0.215. The zero-order chi connectivity index (χ0) is 12.5. The van der Waals surface area contributed by atoms with Crippen molar-refractivity contribution in [2.75, 3.05) is 6.54 Å². The molecule has 0 bridgehead atoms. The van der Waals surface area contributed by atoms with Gasteiger partial charge in [0.25, 0.3) is 0 Å². The van der Waals surface area contributed by atoms with Gasteiger partial charge in [-0.1, -0.05) is 19.9 Å². The molecule has 3 heteroatoms. The van der Waals surface area contributed by atoms with E-state index >= 15 is 0 Å². The van der Waals surface area contributed by atoms with E-state index in [2.05, 4.69) is 18.8 Å². The summed E-state index contributed by atoms with van der Waals surface area (Å²) >= 11 is 0. The molecule has 2 nitrogen and oxygen atoms in total. The number of hydrogen-bond donors (Lipinski definition) is 1. The van der Waals surface area contributed by atoms with Gasteiger partial charge in [0.1, 0.15) is 5.82 Å². The summed E-state index contributed by atoms with van der Waals surface area (Å²) in [6.45, 7) is 4.72. The van der Waals surface area contributed by atoms with Crippen molar-refractivity contribution in [2.24, 2.45) is 11.1 Å². The van der Waals surface area contributed by atoms with E-state index in [4.69, 9.17) is 5.73 Å². The fourth-order valence-corrected chi connectivity index (χ4v) is 1.95. The fraction of sp³-hybridized carbons (Fsp3) is 0.357. The first kappa shape index (κ1) is 12.0. The summed E-state index contributed by atoms with van der Waals surface area (Å²) < 4.78 is 13.5. The maximum absolute atomic E-state index is 13.5. The molecule has 0 saturated carbocycles. The molecule has 0 amide bonds. The third-order valence-corrected chi connectivity index (χ3v) is 2.97. The minimum Gasteiger partial charge on any atom is -0.330 e. The molecule has 0 unspecified atom stereocenters. The van der Waals surface area contributed by atoms with Gasteiger partial charge >= 0.3 is 0 Å². The van der Waals surface area contributed by atoms with Crippen molar-refractivity contribution in [3.8, 4) is 0 Å². The Morgan fingerprint density at radius 1 is 1.35 bits per heavy atom. The molecule has 0 aliphatic carbocycles. The summed E-state index contributed by atoms with van der Waals surface area (Å²) in [5, 5.41) is 0.843. The molecule has 17 heavy (non-hydrogen) atoms. The molecule has 2 N–H and O–H groups in total. The predicted octanol–water partition coefficient (Wildman–Crippen LogP) is 2.90. The molecule has 2 rings (SSSR count). The van der Waals surface area contributed by atoms with Crippen LogP contribution in [0.3, 0.4) is 0 Å². The SMILES string of the molecule is CC(C)(CN)Cc1cc(F)cc2cccnc12. The topological polar surface area (TPSA) is 38.9 Å². The smallest absolute Gasteiger partial charge is 0.124 e. The van der Waals surface area contributed by atoms with Crippen molar-refractivity contribution in [3.63, 3.8) is 0 Å². The number of benzene rings is 1. The lowest BCUT2D eigenvalue weighted by Crippen LogP contribution is -2.26. The number of fused-ring (bicyclic) bond motifs is 1. The minimum absolute atomic E-state index is 0.0434. The van der Waals surface area contributed by atoms with Gasteiger partial charge in [-0.3, -0.25) is 4.98 Å². The van der Waals surface area contributed by atoms with Crippen LogP contribution in [0.5, 0.6) is 0 Å². The third kappa shape index (κ3) is 2.61. The summed E-state index contributed by atoms with van der Waals surface area (Å²) in [7, 11) is 0. The number of rotatable bonds is 3. The van der Waals surface area contributed by atoms with Crippen molar-refractivity contribution in [1.82, 2.24) is 4.98 Å². The Morgan fingerprint density at radius 3 is 2.82 bits per heavy atom. The molecular weight excluding hydrogens is 215 g/mol. The largest absolute Gasteiger partial charge is 0.330 e. The van der Waals surface area contributed by atoms with Crippen molar-refractivity contribution >= 4 is 10.9 Å². The molecule has 0 aliphatic heterocycles. The lowest BCUT2D eigenvalue weighted by molar-refractivity contribution is 0.377. The van der Waals surface area contributed by atoms with Gasteiger partial charge in [0.15, 0.2) is 0 Å². The van der Waals surface area contributed by atoms with Gasteiger partial charge in [-0.05, 0) is 42.1 Å². The maximum atomic E-state index is 13.5. The van der Waals surface area contributed by atoms with Crippen LogP contribution in [0.1, 0.15) is 19.4 Å². The number of hydrogen-bond acceptors (Lipinski definition) is 2. The minimum atomic E-state index is -0.215. The highest BCUT2D eigenvalue weighted by Gasteiger charge is 2.18. The van der Waals surface area contributed by atoms with Gasteiger partial charge in [-0.15, -0.1) is 0 Å². The summed E-state index contributed by atoms with van der Waals surface area (Å²) in [6.07, 6.45) is 2.47. The van der Waals surface area contributed by atoms with E-state index in [0.717, 1.165) is 22.9 Å². The van der Waals surface area contributed by atoms with E-state index in [1.807, 2.05) is 12.1 Å². The first-order valence-electron chi connectivity index (χ1n) is 5.75. The fourth-order valence-electron chi connectivity index (χ4n) is 1.95. The van der Waals surface area contributed by atoms with Crippen LogP contribution in [0.4, 0.5) is 4.39 Å². The van der Waals surface area contributed by atoms with Crippen molar-refractivity contribution in [1.29, 1.82) is 0 Å². The number of nitrogens with zero attached hydrogens (tertiary/aromatic N) is 1. The number of pyridine rings is 1. The van der Waals surface area contributed by atoms with E-state index in [1.54, 1.807) is 12.3 Å². The molecule has 2 aromatic rings. The predicted molar refractivity (Wildman–Crippen MR) is 68.2 cm³/mol. The number of aromatic nitrogens is 1. The summed E-state index contributed by atoms with van der Waals surface area (Å²) in [5.41, 5.74) is 7.48. The highest BCUT2D eigenvalue weighted by molar-refractivity contribution is 5.81. The second kappa shape index (κ2) is 4.41. The average molecular weight is 232 g/mol. The zero-order valence-electron chi connectivity index (χ0n) is 10.2. The van der Waals surface area contributed by atoms with E-state index < -0.39 is 0 Å². The van der Waals surface area contributed by atoms with E-state index in [-0.39, 0.29) is 11.2 Å². The molecule has 90 valence electrons. The van der Waals surface area contributed by atoms with Crippen LogP contribution in [0.15, 0.2) is 30.5 Å². The van der Waals surface area contributed by atoms with E-state index in [9.17, 15) is 4.39 Å². The Kier molecular flexibility index (Phi) is 3.11. The van der Waals surface area contributed by atoms with Crippen LogP contribution in [-0.4, -0.2) is 11.5 Å². The Labute approximate surface area is 101 Å². The first-order chi connectivity index (χ1) is 8.02. The molecule has 0 spiro atoms. The normalized spacial score (nSPS) is 12.0. The molecule has 0 atom stereocenters. The lowest BCUT2D eigenvalue weighted by Gasteiger charge is -2.22. The van der Waals surface area contributed by atoms with Crippen LogP contribution in [-0.2, 0) is 6.42 Å². The van der Waals surface area contributed by atoms with Crippen molar-refractivity contribution in [2.45, 2.75) is 20.3 Å². The van der Waals surface area contributed by atoms with Crippen molar-refractivity contribution in [3.05, 3.63) is 41.8 Å². The van der Waals surface area contributed by atoms with E-state index in [1.165, 1.54) is 6.07 Å². The second-order valence-electron chi connectivity index (χ2n) is 5.19. The van der Waals surface area contributed by atoms with Crippen LogP contribution in [0.2, 0.25) is 0 Å². The molecule has 1 heterocycles. The van der Waals surface area contributed by atoms with Crippen LogP contribution < -0.4 is 5.73 Å².